The molecule has 1 aromatic heterocycles. The van der Waals surface area contributed by atoms with Gasteiger partial charge in [-0.1, -0.05) is 35.9 Å². The lowest BCUT2D eigenvalue weighted by molar-refractivity contribution is 0.0716. The van der Waals surface area contributed by atoms with E-state index in [0.29, 0.717) is 34.5 Å². The fourth-order valence-corrected chi connectivity index (χ4v) is 3.66. The molecule has 0 bridgehead atoms. The van der Waals surface area contributed by atoms with Gasteiger partial charge in [0.25, 0.3) is 5.91 Å². The first-order chi connectivity index (χ1) is 12.6. The molecular weight excluding hydrogens is 354 g/mol. The maximum absolute atomic E-state index is 13.1. The third-order valence-corrected chi connectivity index (χ3v) is 4.83. The molecule has 2 heterocycles. The molecule has 1 unspecified atom stereocenters. The molecule has 0 fully saturated rings. The van der Waals surface area contributed by atoms with Gasteiger partial charge in [0.1, 0.15) is 5.58 Å². The Morgan fingerprint density at radius 3 is 2.69 bits per heavy atom. The van der Waals surface area contributed by atoms with E-state index in [2.05, 4.69) is 0 Å². The number of fused-ring (bicyclic) bond motifs is 2. The normalized spacial score (nSPS) is 16.3. The van der Waals surface area contributed by atoms with Crippen LogP contribution in [0.2, 0.25) is 5.02 Å². The van der Waals surface area contributed by atoms with E-state index >= 15 is 0 Å². The van der Waals surface area contributed by atoms with Crippen molar-refractivity contribution >= 4 is 28.5 Å². The van der Waals surface area contributed by atoms with Crippen LogP contribution >= 0.6 is 11.6 Å². The van der Waals surface area contributed by atoms with Gasteiger partial charge in [-0.25, -0.2) is 0 Å². The summed E-state index contributed by atoms with van der Waals surface area (Å²) in [5.41, 5.74) is 1.24. The topological polar surface area (TPSA) is 70.8 Å². The molecule has 0 spiro atoms. The molecular formula is C20H16ClNO4. The Hall–Kier alpha value is -2.63. The first-order valence-electron chi connectivity index (χ1n) is 8.35. The highest BCUT2D eigenvalue weighted by Crippen LogP contribution is 2.38. The van der Waals surface area contributed by atoms with Crippen LogP contribution in [0.4, 0.5) is 0 Å². The molecule has 1 atom stereocenters. The smallest absolute Gasteiger partial charge is 0.290 e. The standard InChI is InChI=1S/C20H16ClNO4/c21-13-6-3-5-12(11-13)17-16-18(24)14-7-1-2-8-15(14)26-19(16)20(25)22(17)9-4-10-23/h1-3,5-8,11,17,23H,4,9-10H2. The van der Waals surface area contributed by atoms with Crippen LogP contribution in [-0.2, 0) is 0 Å². The third-order valence-electron chi connectivity index (χ3n) is 4.59. The van der Waals surface area contributed by atoms with E-state index < -0.39 is 6.04 Å². The minimum Gasteiger partial charge on any atom is -0.450 e. The Morgan fingerprint density at radius 1 is 1.12 bits per heavy atom. The second-order valence-corrected chi connectivity index (χ2v) is 6.64. The van der Waals surface area contributed by atoms with Crippen molar-refractivity contribution in [3.63, 3.8) is 0 Å². The van der Waals surface area contributed by atoms with Gasteiger partial charge in [0.15, 0.2) is 5.43 Å². The number of aliphatic hydroxyl groups excluding tert-OH is 1. The monoisotopic (exact) mass is 369 g/mol. The molecule has 0 aliphatic carbocycles. The van der Waals surface area contributed by atoms with Crippen molar-refractivity contribution in [1.82, 2.24) is 4.90 Å². The summed E-state index contributed by atoms with van der Waals surface area (Å²) in [6.07, 6.45) is 0.407. The van der Waals surface area contributed by atoms with Crippen LogP contribution in [0.3, 0.4) is 0 Å². The number of rotatable bonds is 4. The van der Waals surface area contributed by atoms with Crippen LogP contribution in [0.1, 0.15) is 34.1 Å². The number of carbonyl (C=O) groups excluding carboxylic acids is 1. The Balaban J connectivity index is 1.97. The zero-order valence-electron chi connectivity index (χ0n) is 13.8. The number of nitrogens with zero attached hydrogens (tertiary/aromatic N) is 1. The number of halogens is 1. The Labute approximate surface area is 154 Å². The fourth-order valence-electron chi connectivity index (χ4n) is 3.46. The molecule has 1 aliphatic heterocycles. The average Bonchev–Trinajstić information content (AvgIpc) is 2.93. The van der Waals surface area contributed by atoms with Crippen LogP contribution in [0.5, 0.6) is 0 Å². The number of benzene rings is 2. The van der Waals surface area contributed by atoms with Crippen LogP contribution in [0.25, 0.3) is 11.0 Å². The first kappa shape index (κ1) is 16.8. The van der Waals surface area contributed by atoms with Gasteiger partial charge in [0, 0.05) is 18.2 Å². The molecule has 1 amide bonds. The number of hydrogen-bond acceptors (Lipinski definition) is 4. The third kappa shape index (κ3) is 2.60. The lowest BCUT2D eigenvalue weighted by Crippen LogP contribution is -2.31. The summed E-state index contributed by atoms with van der Waals surface area (Å²) < 4.78 is 5.80. The number of carbonyl (C=O) groups is 1. The van der Waals surface area contributed by atoms with Crippen LogP contribution < -0.4 is 5.43 Å². The van der Waals surface area contributed by atoms with E-state index in [0.717, 1.165) is 5.56 Å². The minimum atomic E-state index is -0.580. The van der Waals surface area contributed by atoms with Crippen molar-refractivity contribution in [1.29, 1.82) is 0 Å². The maximum atomic E-state index is 13.1. The number of amides is 1. The van der Waals surface area contributed by atoms with E-state index in [1.165, 1.54) is 0 Å². The molecule has 132 valence electrons. The predicted octanol–water partition coefficient (Wildman–Crippen LogP) is 3.37. The summed E-state index contributed by atoms with van der Waals surface area (Å²) in [5, 5.41) is 10.2. The van der Waals surface area contributed by atoms with Gasteiger partial charge in [0.05, 0.1) is 17.0 Å². The van der Waals surface area contributed by atoms with Gasteiger partial charge < -0.3 is 14.4 Å². The second kappa shape index (κ2) is 6.59. The largest absolute Gasteiger partial charge is 0.450 e. The fraction of sp³-hybridized carbons (Fsp3) is 0.200. The Bertz CT molecular complexity index is 1060. The molecule has 2 aromatic carbocycles. The van der Waals surface area contributed by atoms with E-state index in [-0.39, 0.29) is 23.7 Å². The quantitative estimate of drug-likeness (QED) is 0.765. The van der Waals surface area contributed by atoms with Gasteiger partial charge in [0.2, 0.25) is 5.76 Å². The van der Waals surface area contributed by atoms with Crippen molar-refractivity contribution in [3.05, 3.63) is 80.7 Å². The highest BCUT2D eigenvalue weighted by Gasteiger charge is 2.42. The summed E-state index contributed by atoms with van der Waals surface area (Å²) in [6, 6.07) is 13.4. The molecule has 0 radical (unpaired) electrons. The van der Waals surface area contributed by atoms with Crippen LogP contribution in [-0.4, -0.2) is 29.1 Å². The molecule has 0 saturated carbocycles. The molecule has 26 heavy (non-hydrogen) atoms. The van der Waals surface area contributed by atoms with E-state index in [1.54, 1.807) is 47.4 Å². The summed E-state index contributed by atoms with van der Waals surface area (Å²) in [4.78, 5) is 27.6. The van der Waals surface area contributed by atoms with Crippen LogP contribution in [0, 0.1) is 0 Å². The Kier molecular flexibility index (Phi) is 4.26. The number of aliphatic hydroxyl groups is 1. The van der Waals surface area contributed by atoms with Crippen molar-refractivity contribution in [2.24, 2.45) is 0 Å². The van der Waals surface area contributed by atoms with Crippen molar-refractivity contribution in [2.75, 3.05) is 13.2 Å². The lowest BCUT2D eigenvalue weighted by Gasteiger charge is -2.25. The summed E-state index contributed by atoms with van der Waals surface area (Å²) in [7, 11) is 0. The highest BCUT2D eigenvalue weighted by atomic mass is 35.5. The summed E-state index contributed by atoms with van der Waals surface area (Å²) in [6.45, 7) is 0.262. The van der Waals surface area contributed by atoms with Crippen molar-refractivity contribution < 1.29 is 14.3 Å². The molecule has 5 nitrogen and oxygen atoms in total. The minimum absolute atomic E-state index is 0.0499. The zero-order valence-corrected chi connectivity index (χ0v) is 14.6. The molecule has 1 N–H and O–H groups in total. The molecule has 1 aliphatic rings. The SMILES string of the molecule is O=C1c2oc3ccccc3c(=O)c2C(c2cccc(Cl)c2)N1CCCO. The average molecular weight is 370 g/mol. The zero-order chi connectivity index (χ0) is 18.3. The predicted molar refractivity (Wildman–Crippen MR) is 98.5 cm³/mol. The van der Waals surface area contributed by atoms with E-state index in [1.807, 2.05) is 6.07 Å². The van der Waals surface area contributed by atoms with E-state index in [9.17, 15) is 14.7 Å². The van der Waals surface area contributed by atoms with Gasteiger partial charge >= 0.3 is 0 Å². The number of para-hydroxylation sites is 1. The lowest BCUT2D eigenvalue weighted by atomic mass is 9.98. The number of hydrogen-bond donors (Lipinski definition) is 1. The van der Waals surface area contributed by atoms with Crippen molar-refractivity contribution in [3.8, 4) is 0 Å². The molecule has 6 heteroatoms. The van der Waals surface area contributed by atoms with Gasteiger partial charge in [-0.3, -0.25) is 9.59 Å². The van der Waals surface area contributed by atoms with Gasteiger partial charge in [-0.05, 0) is 36.2 Å². The molecule has 4 rings (SSSR count). The maximum Gasteiger partial charge on any atom is 0.290 e. The first-order valence-corrected chi connectivity index (χ1v) is 8.72. The molecule has 3 aromatic rings. The summed E-state index contributed by atoms with van der Waals surface area (Å²) in [5.74, 6) is -0.280. The second-order valence-electron chi connectivity index (χ2n) is 6.20. The van der Waals surface area contributed by atoms with Gasteiger partial charge in [-0.15, -0.1) is 0 Å². The highest BCUT2D eigenvalue weighted by molar-refractivity contribution is 6.30. The Morgan fingerprint density at radius 2 is 1.92 bits per heavy atom. The van der Waals surface area contributed by atoms with Crippen LogP contribution in [0.15, 0.2) is 57.7 Å². The molecule has 0 saturated heterocycles. The summed E-state index contributed by atoms with van der Waals surface area (Å²) >= 11 is 6.13. The van der Waals surface area contributed by atoms with E-state index in [4.69, 9.17) is 16.0 Å². The van der Waals surface area contributed by atoms with Crippen molar-refractivity contribution in [2.45, 2.75) is 12.5 Å². The van der Waals surface area contributed by atoms with Gasteiger partial charge in [-0.2, -0.15) is 0 Å².